The van der Waals surface area contributed by atoms with E-state index in [1.165, 1.54) is 15.2 Å². The van der Waals surface area contributed by atoms with E-state index in [9.17, 15) is 0 Å². The van der Waals surface area contributed by atoms with Crippen LogP contribution in [-0.4, -0.2) is 12.0 Å². The summed E-state index contributed by atoms with van der Waals surface area (Å²) in [5.41, 5.74) is 2.36. The van der Waals surface area contributed by atoms with Gasteiger partial charge in [0, 0.05) is 15.4 Å². The number of fused-ring (bicyclic) bond motifs is 1. The molecule has 5 heteroatoms. The molecule has 0 aliphatic heterocycles. The molecule has 0 saturated carbocycles. The van der Waals surface area contributed by atoms with Crippen LogP contribution in [0.5, 0.6) is 0 Å². The van der Waals surface area contributed by atoms with Gasteiger partial charge in [0.05, 0.1) is 10.2 Å². The van der Waals surface area contributed by atoms with Crippen molar-refractivity contribution in [2.45, 2.75) is 22.2 Å². The van der Waals surface area contributed by atoms with E-state index in [-0.39, 0.29) is 0 Å². The predicted octanol–water partition coefficient (Wildman–Crippen LogP) is 5.49. The van der Waals surface area contributed by atoms with Gasteiger partial charge in [-0.1, -0.05) is 39.8 Å². The Balaban J connectivity index is 1.97. The van der Waals surface area contributed by atoms with Crippen LogP contribution in [0.15, 0.2) is 56.2 Å². The fourth-order valence-corrected chi connectivity index (χ4v) is 4.70. The minimum Gasteiger partial charge on any atom is -0.313 e. The van der Waals surface area contributed by atoms with Crippen molar-refractivity contribution in [1.29, 1.82) is 0 Å². The smallest absolute Gasteiger partial charge is 0.155 e. The van der Waals surface area contributed by atoms with Gasteiger partial charge >= 0.3 is 0 Å². The molecular weight excluding hydrogens is 364 g/mol. The number of aromatic nitrogens is 1. The van der Waals surface area contributed by atoms with Gasteiger partial charge in [-0.2, -0.15) is 0 Å². The molecule has 0 aliphatic carbocycles. The average molecular weight is 379 g/mol. The van der Waals surface area contributed by atoms with Gasteiger partial charge in [-0.05, 0) is 49.9 Å². The largest absolute Gasteiger partial charge is 0.313 e. The highest BCUT2D eigenvalue weighted by atomic mass is 79.9. The minimum atomic E-state index is 0.305. The Kier molecular flexibility index (Phi) is 4.64. The number of benzene rings is 2. The summed E-state index contributed by atoms with van der Waals surface area (Å²) in [4.78, 5) is 5.96. The van der Waals surface area contributed by atoms with Crippen molar-refractivity contribution >= 4 is 49.2 Å². The standard InChI is InChI=1S/C16H15BrN2S2/c1-10(18-2)12-9-11(17)7-8-14(12)20-16-19-13-5-3-4-6-15(13)21-16/h3-10,18H,1-2H3. The third kappa shape index (κ3) is 3.31. The maximum absolute atomic E-state index is 4.71. The van der Waals surface area contributed by atoms with Crippen molar-refractivity contribution in [3.8, 4) is 0 Å². The highest BCUT2D eigenvalue weighted by molar-refractivity contribution is 9.10. The normalized spacial score (nSPS) is 12.7. The van der Waals surface area contributed by atoms with Gasteiger partial charge in [-0.3, -0.25) is 0 Å². The fraction of sp³-hybridized carbons (Fsp3) is 0.188. The number of rotatable bonds is 4. The summed E-state index contributed by atoms with van der Waals surface area (Å²) >= 11 is 7.04. The highest BCUT2D eigenvalue weighted by Crippen LogP contribution is 2.38. The molecule has 21 heavy (non-hydrogen) atoms. The molecule has 0 saturated heterocycles. The lowest BCUT2D eigenvalue weighted by Gasteiger charge is -2.15. The molecule has 0 spiro atoms. The number of hydrogen-bond acceptors (Lipinski definition) is 4. The van der Waals surface area contributed by atoms with Crippen LogP contribution in [0.25, 0.3) is 10.2 Å². The predicted molar refractivity (Wildman–Crippen MR) is 95.4 cm³/mol. The van der Waals surface area contributed by atoms with Crippen molar-refractivity contribution in [2.24, 2.45) is 0 Å². The molecule has 1 aromatic heterocycles. The second kappa shape index (κ2) is 6.48. The Bertz CT molecular complexity index is 737. The van der Waals surface area contributed by atoms with E-state index < -0.39 is 0 Å². The lowest BCUT2D eigenvalue weighted by Crippen LogP contribution is -2.13. The first-order valence-electron chi connectivity index (χ1n) is 6.67. The summed E-state index contributed by atoms with van der Waals surface area (Å²) in [7, 11) is 1.98. The van der Waals surface area contributed by atoms with Gasteiger partial charge in [0.25, 0.3) is 0 Å². The van der Waals surface area contributed by atoms with E-state index in [2.05, 4.69) is 64.6 Å². The molecule has 108 valence electrons. The minimum absolute atomic E-state index is 0.305. The van der Waals surface area contributed by atoms with Gasteiger partial charge in [0.15, 0.2) is 4.34 Å². The molecule has 2 nitrogen and oxygen atoms in total. The summed E-state index contributed by atoms with van der Waals surface area (Å²) in [5, 5.41) is 3.31. The quantitative estimate of drug-likeness (QED) is 0.649. The van der Waals surface area contributed by atoms with Gasteiger partial charge in [0.2, 0.25) is 0 Å². The van der Waals surface area contributed by atoms with Crippen molar-refractivity contribution < 1.29 is 0 Å². The molecule has 1 N–H and O–H groups in total. The lowest BCUT2D eigenvalue weighted by atomic mass is 10.1. The topological polar surface area (TPSA) is 24.9 Å². The zero-order valence-electron chi connectivity index (χ0n) is 11.8. The van der Waals surface area contributed by atoms with E-state index in [0.29, 0.717) is 6.04 Å². The lowest BCUT2D eigenvalue weighted by molar-refractivity contribution is 0.641. The highest BCUT2D eigenvalue weighted by Gasteiger charge is 2.13. The van der Waals surface area contributed by atoms with Crippen LogP contribution in [0.4, 0.5) is 0 Å². The van der Waals surface area contributed by atoms with E-state index in [1.54, 1.807) is 23.1 Å². The van der Waals surface area contributed by atoms with Crippen LogP contribution < -0.4 is 5.32 Å². The SMILES string of the molecule is CNC(C)c1cc(Br)ccc1Sc1nc2ccccc2s1. The number of thiazole rings is 1. The van der Waals surface area contributed by atoms with E-state index in [4.69, 9.17) is 4.98 Å². The Morgan fingerprint density at radius 3 is 2.81 bits per heavy atom. The molecule has 0 aliphatic rings. The van der Waals surface area contributed by atoms with Crippen molar-refractivity contribution in [1.82, 2.24) is 10.3 Å². The molecule has 1 atom stereocenters. The summed E-state index contributed by atoms with van der Waals surface area (Å²) < 4.78 is 3.43. The fourth-order valence-electron chi connectivity index (χ4n) is 2.09. The molecule has 0 amide bonds. The number of para-hydroxylation sites is 1. The zero-order valence-corrected chi connectivity index (χ0v) is 15.0. The van der Waals surface area contributed by atoms with Gasteiger partial charge in [0.1, 0.15) is 0 Å². The van der Waals surface area contributed by atoms with Crippen LogP contribution in [-0.2, 0) is 0 Å². The molecule has 0 radical (unpaired) electrons. The molecule has 2 aromatic carbocycles. The summed E-state index contributed by atoms with van der Waals surface area (Å²) in [6.45, 7) is 2.17. The van der Waals surface area contributed by atoms with E-state index in [0.717, 1.165) is 14.3 Å². The first-order valence-corrected chi connectivity index (χ1v) is 9.10. The molecular formula is C16H15BrN2S2. The van der Waals surface area contributed by atoms with Gasteiger partial charge in [-0.15, -0.1) is 11.3 Å². The maximum Gasteiger partial charge on any atom is 0.155 e. The maximum atomic E-state index is 4.71. The average Bonchev–Trinajstić information content (AvgIpc) is 2.90. The van der Waals surface area contributed by atoms with Gasteiger partial charge < -0.3 is 5.32 Å². The third-order valence-electron chi connectivity index (χ3n) is 3.34. The molecule has 0 fully saturated rings. The van der Waals surface area contributed by atoms with Crippen LogP contribution in [0.2, 0.25) is 0 Å². The number of hydrogen-bond donors (Lipinski definition) is 1. The molecule has 1 heterocycles. The Labute approximate surface area is 141 Å². The Morgan fingerprint density at radius 1 is 1.24 bits per heavy atom. The number of nitrogens with one attached hydrogen (secondary N) is 1. The summed E-state index contributed by atoms with van der Waals surface area (Å²) in [6.07, 6.45) is 0. The second-order valence-electron chi connectivity index (χ2n) is 4.74. The van der Waals surface area contributed by atoms with Crippen molar-refractivity contribution in [2.75, 3.05) is 7.05 Å². The second-order valence-corrected chi connectivity index (χ2v) is 7.98. The molecule has 3 rings (SSSR count). The number of halogens is 1. The van der Waals surface area contributed by atoms with Crippen LogP contribution >= 0.6 is 39.0 Å². The van der Waals surface area contributed by atoms with Crippen LogP contribution in [0.3, 0.4) is 0 Å². The Morgan fingerprint density at radius 2 is 2.05 bits per heavy atom. The van der Waals surface area contributed by atoms with E-state index in [1.807, 2.05) is 13.1 Å². The molecule has 3 aromatic rings. The van der Waals surface area contributed by atoms with Crippen LogP contribution in [0, 0.1) is 0 Å². The molecule has 1 unspecified atom stereocenters. The summed E-state index contributed by atoms with van der Waals surface area (Å²) in [5.74, 6) is 0. The summed E-state index contributed by atoms with van der Waals surface area (Å²) in [6, 6.07) is 15.0. The Hall–Kier alpha value is -0.880. The van der Waals surface area contributed by atoms with Crippen molar-refractivity contribution in [3.63, 3.8) is 0 Å². The third-order valence-corrected chi connectivity index (χ3v) is 6.02. The number of nitrogens with zero attached hydrogens (tertiary/aromatic N) is 1. The van der Waals surface area contributed by atoms with E-state index >= 15 is 0 Å². The van der Waals surface area contributed by atoms with Crippen molar-refractivity contribution in [3.05, 3.63) is 52.5 Å². The molecule has 0 bridgehead atoms. The van der Waals surface area contributed by atoms with Crippen LogP contribution in [0.1, 0.15) is 18.5 Å². The first kappa shape index (κ1) is 15.0. The van der Waals surface area contributed by atoms with Gasteiger partial charge in [-0.25, -0.2) is 4.98 Å². The zero-order chi connectivity index (χ0) is 14.8. The monoisotopic (exact) mass is 378 g/mol. The first-order chi connectivity index (χ1) is 10.2.